The highest BCUT2D eigenvalue weighted by Crippen LogP contribution is 2.47. The fraction of sp³-hybridized carbons (Fsp3) is 0.440. The van der Waals surface area contributed by atoms with Gasteiger partial charge in [-0.2, -0.15) is 0 Å². The lowest BCUT2D eigenvalue weighted by Gasteiger charge is -2.26. The van der Waals surface area contributed by atoms with E-state index in [1.54, 1.807) is 4.90 Å². The van der Waals surface area contributed by atoms with Crippen LogP contribution in [-0.2, 0) is 19.7 Å². The average molecular weight is 454 g/mol. The first-order valence-electron chi connectivity index (χ1n) is 11.4. The molecule has 3 heterocycles. The first-order valence-corrected chi connectivity index (χ1v) is 11.4. The average Bonchev–Trinajstić information content (AvgIpc) is 3.42. The minimum absolute atomic E-state index is 0.110. The molecule has 0 aromatic heterocycles. The third kappa shape index (κ3) is 4.38. The maximum absolute atomic E-state index is 13.3. The second kappa shape index (κ2) is 9.21. The minimum atomic E-state index is -0.552. The molecule has 0 radical (unpaired) electrons. The SMILES string of the molecule is O=C(NCCN1CCOCC1)[C@H]1C[C@@]2(CO1)CN(C(=O)c1ccc(F)cc1)c1ccccc12. The summed E-state index contributed by atoms with van der Waals surface area (Å²) in [5.41, 5.74) is 1.84. The molecule has 0 unspecified atom stereocenters. The minimum Gasteiger partial charge on any atom is -0.379 e. The molecule has 0 aliphatic carbocycles. The van der Waals surface area contributed by atoms with E-state index in [0.29, 0.717) is 31.7 Å². The monoisotopic (exact) mass is 453 g/mol. The number of halogens is 1. The van der Waals surface area contributed by atoms with E-state index in [9.17, 15) is 14.0 Å². The summed E-state index contributed by atoms with van der Waals surface area (Å²) in [5, 5.41) is 3.00. The van der Waals surface area contributed by atoms with Gasteiger partial charge in [0.2, 0.25) is 5.91 Å². The Bertz CT molecular complexity index is 1020. The van der Waals surface area contributed by atoms with E-state index in [0.717, 1.165) is 44.1 Å². The molecule has 2 aromatic rings. The van der Waals surface area contributed by atoms with Gasteiger partial charge in [-0.05, 0) is 42.3 Å². The Kier molecular flexibility index (Phi) is 6.14. The molecule has 3 aliphatic rings. The first kappa shape index (κ1) is 22.0. The van der Waals surface area contributed by atoms with Gasteiger partial charge in [0.1, 0.15) is 11.9 Å². The zero-order valence-electron chi connectivity index (χ0n) is 18.5. The van der Waals surface area contributed by atoms with Crippen LogP contribution < -0.4 is 10.2 Å². The molecule has 5 rings (SSSR count). The number of hydrogen-bond donors (Lipinski definition) is 1. The third-order valence-electron chi connectivity index (χ3n) is 6.82. The van der Waals surface area contributed by atoms with Gasteiger partial charge < -0.3 is 19.7 Å². The molecule has 2 amide bonds. The van der Waals surface area contributed by atoms with Gasteiger partial charge >= 0.3 is 0 Å². The molecule has 7 nitrogen and oxygen atoms in total. The summed E-state index contributed by atoms with van der Waals surface area (Å²) >= 11 is 0. The normalized spacial score (nSPS) is 24.8. The van der Waals surface area contributed by atoms with E-state index in [2.05, 4.69) is 10.2 Å². The second-order valence-corrected chi connectivity index (χ2v) is 8.94. The van der Waals surface area contributed by atoms with Crippen LogP contribution in [0.2, 0.25) is 0 Å². The highest BCUT2D eigenvalue weighted by atomic mass is 19.1. The summed E-state index contributed by atoms with van der Waals surface area (Å²) in [6.45, 7) is 5.39. The Hall–Kier alpha value is -2.81. The number of hydrogen-bond acceptors (Lipinski definition) is 5. The molecular formula is C25H28FN3O4. The van der Waals surface area contributed by atoms with Gasteiger partial charge in [-0.25, -0.2) is 4.39 Å². The van der Waals surface area contributed by atoms with Crippen molar-refractivity contribution in [3.8, 4) is 0 Å². The zero-order chi connectivity index (χ0) is 22.8. The molecule has 1 spiro atoms. The quantitative estimate of drug-likeness (QED) is 0.750. The second-order valence-electron chi connectivity index (χ2n) is 8.94. The summed E-state index contributed by atoms with van der Waals surface area (Å²) < 4.78 is 24.7. The number of anilines is 1. The van der Waals surface area contributed by atoms with Crippen molar-refractivity contribution >= 4 is 17.5 Å². The topological polar surface area (TPSA) is 71.1 Å². The molecule has 174 valence electrons. The van der Waals surface area contributed by atoms with E-state index >= 15 is 0 Å². The van der Waals surface area contributed by atoms with Gasteiger partial charge in [-0.3, -0.25) is 14.5 Å². The fourth-order valence-corrected chi connectivity index (χ4v) is 5.03. The zero-order valence-corrected chi connectivity index (χ0v) is 18.5. The maximum atomic E-state index is 13.3. The Labute approximate surface area is 192 Å². The Balaban J connectivity index is 1.26. The third-order valence-corrected chi connectivity index (χ3v) is 6.82. The lowest BCUT2D eigenvalue weighted by molar-refractivity contribution is -0.130. The number of benzene rings is 2. The van der Waals surface area contributed by atoms with Crippen LogP contribution in [0.1, 0.15) is 22.3 Å². The molecule has 0 saturated carbocycles. The van der Waals surface area contributed by atoms with E-state index < -0.39 is 11.5 Å². The number of ether oxygens (including phenoxy) is 2. The highest BCUT2D eigenvalue weighted by molar-refractivity contribution is 6.07. The molecular weight excluding hydrogens is 425 g/mol. The predicted molar refractivity (Wildman–Crippen MR) is 121 cm³/mol. The van der Waals surface area contributed by atoms with Crippen molar-refractivity contribution in [2.45, 2.75) is 17.9 Å². The molecule has 1 N–H and O–H groups in total. The Morgan fingerprint density at radius 1 is 1.09 bits per heavy atom. The van der Waals surface area contributed by atoms with E-state index in [-0.39, 0.29) is 17.6 Å². The molecule has 2 saturated heterocycles. The summed E-state index contributed by atoms with van der Waals surface area (Å²) in [7, 11) is 0. The van der Waals surface area contributed by atoms with Crippen molar-refractivity contribution in [3.05, 3.63) is 65.5 Å². The fourth-order valence-electron chi connectivity index (χ4n) is 5.03. The van der Waals surface area contributed by atoms with Gasteiger partial charge in [0.05, 0.1) is 19.8 Å². The molecule has 2 aromatic carbocycles. The van der Waals surface area contributed by atoms with Crippen LogP contribution in [0.4, 0.5) is 10.1 Å². The molecule has 2 fully saturated rings. The number of para-hydroxylation sites is 1. The van der Waals surface area contributed by atoms with Crippen LogP contribution in [0.3, 0.4) is 0 Å². The van der Waals surface area contributed by atoms with E-state index in [4.69, 9.17) is 9.47 Å². The maximum Gasteiger partial charge on any atom is 0.258 e. The molecule has 3 aliphatic heterocycles. The van der Waals surface area contributed by atoms with Crippen molar-refractivity contribution in [2.75, 3.05) is 57.4 Å². The highest BCUT2D eigenvalue weighted by Gasteiger charge is 2.51. The van der Waals surface area contributed by atoms with Crippen molar-refractivity contribution in [1.82, 2.24) is 10.2 Å². The molecule has 33 heavy (non-hydrogen) atoms. The Morgan fingerprint density at radius 3 is 2.64 bits per heavy atom. The number of carbonyl (C=O) groups is 2. The van der Waals surface area contributed by atoms with Crippen LogP contribution in [0.15, 0.2) is 48.5 Å². The van der Waals surface area contributed by atoms with E-state index in [1.165, 1.54) is 24.3 Å². The number of fused-ring (bicyclic) bond motifs is 2. The number of carbonyl (C=O) groups excluding carboxylic acids is 2. The van der Waals surface area contributed by atoms with Crippen LogP contribution in [0.25, 0.3) is 0 Å². The number of rotatable bonds is 5. The predicted octanol–water partition coefficient (Wildman–Crippen LogP) is 1.96. The van der Waals surface area contributed by atoms with Crippen LogP contribution >= 0.6 is 0 Å². The first-order chi connectivity index (χ1) is 16.1. The van der Waals surface area contributed by atoms with Crippen molar-refractivity contribution in [2.24, 2.45) is 0 Å². The number of nitrogens with one attached hydrogen (secondary N) is 1. The van der Waals surface area contributed by atoms with Crippen LogP contribution in [0.5, 0.6) is 0 Å². The lowest BCUT2D eigenvalue weighted by atomic mass is 9.80. The summed E-state index contributed by atoms with van der Waals surface area (Å²) in [6.07, 6.45) is -0.0377. The summed E-state index contributed by atoms with van der Waals surface area (Å²) in [6, 6.07) is 13.4. The lowest BCUT2D eigenvalue weighted by Crippen LogP contribution is -2.43. The van der Waals surface area contributed by atoms with Gasteiger partial charge in [-0.1, -0.05) is 18.2 Å². The number of nitrogens with zero attached hydrogens (tertiary/aromatic N) is 2. The van der Waals surface area contributed by atoms with Crippen molar-refractivity contribution < 1.29 is 23.5 Å². The van der Waals surface area contributed by atoms with Crippen LogP contribution in [-0.4, -0.2) is 75.4 Å². The summed E-state index contributed by atoms with van der Waals surface area (Å²) in [5.74, 6) is -0.671. The number of morpholine rings is 1. The number of amides is 2. The standard InChI is InChI=1S/C25H28FN3O4/c26-19-7-5-18(6-8-19)24(31)29-16-25(20-3-1-2-4-21(20)29)15-22(33-17-25)23(30)27-9-10-28-11-13-32-14-12-28/h1-8,22H,9-17H2,(H,27,30)/t22-,25+/m1/s1. The Morgan fingerprint density at radius 2 is 1.85 bits per heavy atom. The van der Waals surface area contributed by atoms with Gasteiger partial charge in [-0.15, -0.1) is 0 Å². The van der Waals surface area contributed by atoms with Crippen molar-refractivity contribution in [3.63, 3.8) is 0 Å². The van der Waals surface area contributed by atoms with Crippen molar-refractivity contribution in [1.29, 1.82) is 0 Å². The van der Waals surface area contributed by atoms with E-state index in [1.807, 2.05) is 24.3 Å². The molecule has 2 atom stereocenters. The van der Waals surface area contributed by atoms with Gasteiger partial charge in [0.25, 0.3) is 5.91 Å². The van der Waals surface area contributed by atoms with Gasteiger partial charge in [0, 0.05) is 49.4 Å². The molecule has 8 heteroatoms. The molecule has 0 bridgehead atoms. The largest absolute Gasteiger partial charge is 0.379 e. The summed E-state index contributed by atoms with van der Waals surface area (Å²) in [4.78, 5) is 30.0. The van der Waals surface area contributed by atoms with Crippen LogP contribution in [0, 0.1) is 5.82 Å². The van der Waals surface area contributed by atoms with Gasteiger partial charge in [0.15, 0.2) is 0 Å². The smallest absolute Gasteiger partial charge is 0.258 e.